The Balaban J connectivity index is 1.53. The summed E-state index contributed by atoms with van der Waals surface area (Å²) >= 11 is 0. The van der Waals surface area contributed by atoms with Gasteiger partial charge >= 0.3 is 6.09 Å². The fourth-order valence-electron chi connectivity index (χ4n) is 4.02. The molecule has 3 N–H and O–H groups in total. The van der Waals surface area contributed by atoms with E-state index in [1.807, 2.05) is 50.4 Å². The van der Waals surface area contributed by atoms with Crippen molar-refractivity contribution in [2.24, 2.45) is 11.1 Å². The van der Waals surface area contributed by atoms with Gasteiger partial charge in [0.1, 0.15) is 14.5 Å². The second-order valence-corrected chi connectivity index (χ2v) is 8.75. The lowest BCUT2D eigenvalue weighted by Gasteiger charge is -2.27. The molecule has 31 heavy (non-hydrogen) atoms. The van der Waals surface area contributed by atoms with Gasteiger partial charge in [0.05, 0.1) is 29.0 Å². The predicted molar refractivity (Wildman–Crippen MR) is 121 cm³/mol. The van der Waals surface area contributed by atoms with Gasteiger partial charge in [-0.3, -0.25) is 4.79 Å². The molecule has 1 aliphatic rings. The number of benzene rings is 1. The van der Waals surface area contributed by atoms with E-state index >= 15 is 0 Å². The minimum absolute atomic E-state index is 0.101. The molecule has 2 aromatic heterocycles. The van der Waals surface area contributed by atoms with Crippen molar-refractivity contribution < 1.29 is 14.3 Å². The normalized spacial score (nSPS) is 17.6. The number of nitrogens with two attached hydrogens (primary N) is 1. The van der Waals surface area contributed by atoms with E-state index in [-0.39, 0.29) is 24.2 Å². The highest BCUT2D eigenvalue weighted by Gasteiger charge is 2.42. The molecule has 2 amide bonds. The lowest BCUT2D eigenvalue weighted by atomic mass is 9.87. The van der Waals surface area contributed by atoms with Gasteiger partial charge in [0.2, 0.25) is 0 Å². The zero-order chi connectivity index (χ0) is 22.2. The number of fused-ring (bicyclic) bond motifs is 1. The van der Waals surface area contributed by atoms with Crippen LogP contribution in [0.4, 0.5) is 10.5 Å². The number of nitrogens with one attached hydrogen (secondary N) is 1. The van der Waals surface area contributed by atoms with Crippen molar-refractivity contribution in [3.05, 3.63) is 59.9 Å². The summed E-state index contributed by atoms with van der Waals surface area (Å²) in [6, 6.07) is 11.4. The number of aromatic nitrogens is 2. The van der Waals surface area contributed by atoms with E-state index in [0.717, 1.165) is 16.5 Å². The van der Waals surface area contributed by atoms with Crippen molar-refractivity contribution >= 4 is 36.5 Å². The molecule has 3 heterocycles. The van der Waals surface area contributed by atoms with Crippen LogP contribution < -0.4 is 16.5 Å². The average Bonchev–Trinajstić information content (AvgIpc) is 3.25. The summed E-state index contributed by atoms with van der Waals surface area (Å²) in [6.07, 6.45) is 3.01. The highest BCUT2D eigenvalue weighted by atomic mass is 16.6. The van der Waals surface area contributed by atoms with Crippen LogP contribution >= 0.6 is 0 Å². The predicted octanol–water partition coefficient (Wildman–Crippen LogP) is 1.15. The van der Waals surface area contributed by atoms with Crippen LogP contribution in [0.15, 0.2) is 48.8 Å². The van der Waals surface area contributed by atoms with Crippen LogP contribution in [0.3, 0.4) is 0 Å². The van der Waals surface area contributed by atoms with Gasteiger partial charge in [-0.15, -0.1) is 0 Å². The minimum atomic E-state index is -0.550. The highest BCUT2D eigenvalue weighted by molar-refractivity contribution is 6.33. The molecule has 8 nitrogen and oxygen atoms in total. The third-order valence-electron chi connectivity index (χ3n) is 5.77. The summed E-state index contributed by atoms with van der Waals surface area (Å²) < 4.78 is 7.23. The largest absolute Gasteiger partial charge is 0.445 e. The summed E-state index contributed by atoms with van der Waals surface area (Å²) in [7, 11) is 1.96. The second-order valence-electron chi connectivity index (χ2n) is 8.75. The standard InChI is InChI=1S/C22H26BN5O3/c1-22(2)13-27(21(30)31-12-14-6-4-3-5-7-14)11-18(22)26-19-16(20(24)29)9-25-28-10-15(23)8-17(19)28/h3-10,18,26H,11-13,23H2,1-2H3,(H2,24,29)/t18-/m1/s1. The number of hydrogen-bond acceptors (Lipinski definition) is 5. The molecule has 3 aromatic rings. The molecule has 4 rings (SSSR count). The van der Waals surface area contributed by atoms with Gasteiger partial charge in [-0.05, 0) is 11.6 Å². The Hall–Kier alpha value is -3.49. The Morgan fingerprint density at radius 1 is 1.32 bits per heavy atom. The maximum Gasteiger partial charge on any atom is 0.410 e. The summed E-state index contributed by atoms with van der Waals surface area (Å²) in [4.78, 5) is 26.4. The number of ether oxygens (including phenoxy) is 1. The van der Waals surface area contributed by atoms with E-state index in [0.29, 0.717) is 24.3 Å². The first-order valence-electron chi connectivity index (χ1n) is 10.2. The van der Waals surface area contributed by atoms with Gasteiger partial charge in [-0.2, -0.15) is 5.10 Å². The molecule has 0 radical (unpaired) electrons. The summed E-state index contributed by atoms with van der Waals surface area (Å²) in [6.45, 7) is 5.38. The Kier molecular flexibility index (Phi) is 5.35. The number of amides is 2. The fourth-order valence-corrected chi connectivity index (χ4v) is 4.02. The first-order chi connectivity index (χ1) is 14.7. The van der Waals surface area contributed by atoms with Gasteiger partial charge < -0.3 is 20.7 Å². The number of likely N-dealkylation sites (tertiary alicyclic amines) is 1. The van der Waals surface area contributed by atoms with Crippen molar-refractivity contribution in [2.45, 2.75) is 26.5 Å². The van der Waals surface area contributed by atoms with E-state index in [1.165, 1.54) is 6.20 Å². The topological polar surface area (TPSA) is 102 Å². The maximum absolute atomic E-state index is 12.7. The van der Waals surface area contributed by atoms with Crippen molar-refractivity contribution in [2.75, 3.05) is 18.4 Å². The zero-order valence-corrected chi connectivity index (χ0v) is 18.0. The smallest absolute Gasteiger partial charge is 0.410 e. The summed E-state index contributed by atoms with van der Waals surface area (Å²) in [5, 5.41) is 7.77. The van der Waals surface area contributed by atoms with Gasteiger partial charge in [-0.1, -0.05) is 49.6 Å². The molecule has 0 saturated carbocycles. The van der Waals surface area contributed by atoms with Gasteiger partial charge in [-0.25, -0.2) is 9.31 Å². The van der Waals surface area contributed by atoms with Crippen LogP contribution in [0.5, 0.6) is 0 Å². The summed E-state index contributed by atoms with van der Waals surface area (Å²) in [5.74, 6) is -0.550. The molecular formula is C22H26BN5O3. The Bertz CT molecular complexity index is 1130. The monoisotopic (exact) mass is 419 g/mol. The number of rotatable bonds is 5. The van der Waals surface area contributed by atoms with Gasteiger partial charge in [0, 0.05) is 24.7 Å². The Labute approximate surface area is 181 Å². The van der Waals surface area contributed by atoms with E-state index in [2.05, 4.69) is 24.3 Å². The molecule has 0 bridgehead atoms. The maximum atomic E-state index is 12.7. The van der Waals surface area contributed by atoms with Crippen LogP contribution in [0, 0.1) is 5.41 Å². The van der Waals surface area contributed by atoms with Crippen molar-refractivity contribution in [3.8, 4) is 0 Å². The molecule has 0 spiro atoms. The number of nitrogens with zero attached hydrogens (tertiary/aromatic N) is 3. The Morgan fingerprint density at radius 3 is 2.77 bits per heavy atom. The van der Waals surface area contributed by atoms with Crippen LogP contribution in [0.25, 0.3) is 5.52 Å². The molecule has 1 saturated heterocycles. The molecule has 0 aliphatic carbocycles. The number of carbonyl (C=O) groups excluding carboxylic acids is 2. The summed E-state index contributed by atoms with van der Waals surface area (Å²) in [5.41, 5.74) is 9.06. The molecule has 1 aromatic carbocycles. The molecule has 9 heteroatoms. The van der Waals surface area contributed by atoms with E-state index in [9.17, 15) is 9.59 Å². The number of anilines is 1. The van der Waals surface area contributed by atoms with Crippen molar-refractivity contribution in [3.63, 3.8) is 0 Å². The molecule has 1 aliphatic heterocycles. The SMILES string of the molecule is Bc1cc2c(N[C@@H]3CN(C(=O)OCc4ccccc4)CC3(C)C)c(C(N)=O)cnn2c1. The third-order valence-corrected chi connectivity index (χ3v) is 5.77. The van der Waals surface area contributed by atoms with Crippen molar-refractivity contribution in [1.29, 1.82) is 0 Å². The second kappa shape index (κ2) is 7.98. The quantitative estimate of drug-likeness (QED) is 0.605. The first-order valence-corrected chi connectivity index (χ1v) is 10.2. The lowest BCUT2D eigenvalue weighted by Crippen LogP contribution is -2.36. The molecule has 0 unspecified atom stereocenters. The number of primary amides is 1. The van der Waals surface area contributed by atoms with Gasteiger partial charge in [0.25, 0.3) is 5.91 Å². The third kappa shape index (κ3) is 4.21. The van der Waals surface area contributed by atoms with E-state index < -0.39 is 5.91 Å². The fraction of sp³-hybridized carbons (Fsp3) is 0.318. The lowest BCUT2D eigenvalue weighted by molar-refractivity contribution is 0.0996. The first kappa shape index (κ1) is 20.8. The average molecular weight is 419 g/mol. The van der Waals surface area contributed by atoms with E-state index in [4.69, 9.17) is 10.5 Å². The number of carbonyl (C=O) groups is 2. The minimum Gasteiger partial charge on any atom is -0.445 e. The van der Waals surface area contributed by atoms with E-state index in [1.54, 1.807) is 9.42 Å². The van der Waals surface area contributed by atoms with Crippen molar-refractivity contribution in [1.82, 2.24) is 14.5 Å². The molecule has 1 fully saturated rings. The highest BCUT2D eigenvalue weighted by Crippen LogP contribution is 2.34. The molecule has 1 atom stereocenters. The van der Waals surface area contributed by atoms with Crippen LogP contribution in [-0.4, -0.2) is 53.5 Å². The van der Waals surface area contributed by atoms with Gasteiger partial charge in [0.15, 0.2) is 0 Å². The van der Waals surface area contributed by atoms with Crippen LogP contribution in [0.1, 0.15) is 29.8 Å². The zero-order valence-electron chi connectivity index (χ0n) is 18.0. The van der Waals surface area contributed by atoms with Crippen LogP contribution in [0.2, 0.25) is 0 Å². The van der Waals surface area contributed by atoms with Crippen LogP contribution in [-0.2, 0) is 11.3 Å². The molecule has 160 valence electrons. The Morgan fingerprint density at radius 2 is 2.06 bits per heavy atom. The molecular weight excluding hydrogens is 393 g/mol. The number of hydrogen-bond donors (Lipinski definition) is 2.